The first-order valence-corrected chi connectivity index (χ1v) is 11.9. The van der Waals surface area contributed by atoms with Gasteiger partial charge in [0.1, 0.15) is 0 Å². The number of nitrogens with zero attached hydrogens (tertiary/aromatic N) is 3. The van der Waals surface area contributed by atoms with Crippen molar-refractivity contribution in [3.05, 3.63) is 127 Å². The van der Waals surface area contributed by atoms with E-state index in [1.165, 1.54) is 27.8 Å². The summed E-state index contributed by atoms with van der Waals surface area (Å²) in [7, 11) is 0. The molecule has 7 rings (SSSR count). The smallest absolute Gasteiger partial charge is 0.220 e. The monoisotopic (exact) mass is 449 g/mol. The first kappa shape index (κ1) is 19.8. The lowest BCUT2D eigenvalue weighted by Crippen LogP contribution is -1.95. The third-order valence-corrected chi connectivity index (χ3v) is 6.81. The van der Waals surface area contributed by atoms with Crippen molar-refractivity contribution in [1.29, 1.82) is 0 Å². The maximum atomic E-state index is 5.01. The Balaban J connectivity index is 1.33. The molecule has 7 aromatic rings. The summed E-state index contributed by atoms with van der Waals surface area (Å²) in [6.45, 7) is 2.13. The highest BCUT2D eigenvalue weighted by molar-refractivity contribution is 5.92. The van der Waals surface area contributed by atoms with Crippen LogP contribution in [0.4, 0.5) is 0 Å². The fourth-order valence-corrected chi connectivity index (χ4v) is 5.05. The number of fused-ring (bicyclic) bond motifs is 5. The molecular weight excluding hydrogens is 426 g/mol. The van der Waals surface area contributed by atoms with E-state index >= 15 is 0 Å². The molecule has 5 aromatic carbocycles. The SMILES string of the molecule is Cc1ccc2nc3n(-c4ccc(-c5ccc(-c6ccccc6)cc5)cc4)c4ccccc4n3c2c1. The Morgan fingerprint density at radius 3 is 1.77 bits per heavy atom. The molecule has 3 heteroatoms. The van der Waals surface area contributed by atoms with E-state index in [1.807, 2.05) is 6.07 Å². The molecule has 0 unspecified atom stereocenters. The van der Waals surface area contributed by atoms with Crippen molar-refractivity contribution >= 4 is 27.8 Å². The van der Waals surface area contributed by atoms with Crippen molar-refractivity contribution < 1.29 is 0 Å². The summed E-state index contributed by atoms with van der Waals surface area (Å²) < 4.78 is 4.53. The summed E-state index contributed by atoms with van der Waals surface area (Å²) in [5.41, 5.74) is 11.7. The number of benzene rings is 5. The third kappa shape index (κ3) is 3.17. The summed E-state index contributed by atoms with van der Waals surface area (Å²) >= 11 is 0. The molecule has 166 valence electrons. The molecule has 3 nitrogen and oxygen atoms in total. The van der Waals surface area contributed by atoms with E-state index in [0.717, 1.165) is 33.5 Å². The predicted octanol–water partition coefficient (Wildman–Crippen LogP) is 8.07. The minimum Gasteiger partial charge on any atom is -0.278 e. The highest BCUT2D eigenvalue weighted by Crippen LogP contribution is 2.31. The lowest BCUT2D eigenvalue weighted by Gasteiger charge is -2.08. The highest BCUT2D eigenvalue weighted by atomic mass is 15.2. The molecule has 0 amide bonds. The Morgan fingerprint density at radius 2 is 1.09 bits per heavy atom. The van der Waals surface area contributed by atoms with Crippen LogP contribution in [-0.2, 0) is 0 Å². The second-order valence-electron chi connectivity index (χ2n) is 9.05. The zero-order chi connectivity index (χ0) is 23.4. The number of para-hydroxylation sites is 2. The summed E-state index contributed by atoms with van der Waals surface area (Å²) in [6.07, 6.45) is 0. The quantitative estimate of drug-likeness (QED) is 0.267. The Kier molecular flexibility index (Phi) is 4.36. The van der Waals surface area contributed by atoms with Gasteiger partial charge in [0.15, 0.2) is 0 Å². The van der Waals surface area contributed by atoms with Gasteiger partial charge < -0.3 is 0 Å². The molecule has 0 saturated carbocycles. The fraction of sp³-hybridized carbons (Fsp3) is 0.0312. The lowest BCUT2D eigenvalue weighted by atomic mass is 10.0. The average Bonchev–Trinajstić information content (AvgIpc) is 3.44. The maximum absolute atomic E-state index is 5.01. The van der Waals surface area contributed by atoms with Gasteiger partial charge in [-0.05, 0) is 71.1 Å². The van der Waals surface area contributed by atoms with Gasteiger partial charge in [0.2, 0.25) is 5.78 Å². The molecule has 0 spiro atoms. The molecule has 0 aliphatic rings. The lowest BCUT2D eigenvalue weighted by molar-refractivity contribution is 1.11. The van der Waals surface area contributed by atoms with Crippen LogP contribution in [0.3, 0.4) is 0 Å². The van der Waals surface area contributed by atoms with E-state index in [2.05, 4.69) is 131 Å². The van der Waals surface area contributed by atoms with E-state index < -0.39 is 0 Å². The van der Waals surface area contributed by atoms with Gasteiger partial charge in [-0.15, -0.1) is 0 Å². The van der Waals surface area contributed by atoms with E-state index in [4.69, 9.17) is 4.98 Å². The van der Waals surface area contributed by atoms with Gasteiger partial charge in [-0.1, -0.05) is 84.9 Å². The van der Waals surface area contributed by atoms with Crippen molar-refractivity contribution in [2.45, 2.75) is 6.92 Å². The molecule has 0 aliphatic carbocycles. The largest absolute Gasteiger partial charge is 0.278 e. The van der Waals surface area contributed by atoms with E-state index in [1.54, 1.807) is 0 Å². The first-order chi connectivity index (χ1) is 17.3. The number of aryl methyl sites for hydroxylation is 1. The molecule has 0 fully saturated rings. The van der Waals surface area contributed by atoms with Gasteiger partial charge in [0.05, 0.1) is 22.1 Å². The van der Waals surface area contributed by atoms with Gasteiger partial charge in [0, 0.05) is 5.69 Å². The topological polar surface area (TPSA) is 22.2 Å². The number of rotatable bonds is 3. The van der Waals surface area contributed by atoms with Crippen molar-refractivity contribution in [3.8, 4) is 27.9 Å². The number of imidazole rings is 2. The van der Waals surface area contributed by atoms with Gasteiger partial charge in [0.25, 0.3) is 0 Å². The summed E-state index contributed by atoms with van der Waals surface area (Å²) in [4.78, 5) is 5.01. The van der Waals surface area contributed by atoms with Crippen LogP contribution in [0.2, 0.25) is 0 Å². The molecule has 35 heavy (non-hydrogen) atoms. The Labute approximate surface area is 203 Å². The van der Waals surface area contributed by atoms with Crippen molar-refractivity contribution in [3.63, 3.8) is 0 Å². The Morgan fingerprint density at radius 1 is 0.514 bits per heavy atom. The van der Waals surface area contributed by atoms with Crippen LogP contribution in [0.5, 0.6) is 0 Å². The molecule has 0 bridgehead atoms. The minimum atomic E-state index is 0.937. The predicted molar refractivity (Wildman–Crippen MR) is 145 cm³/mol. The van der Waals surface area contributed by atoms with Crippen molar-refractivity contribution in [2.24, 2.45) is 0 Å². The summed E-state index contributed by atoms with van der Waals surface area (Å²) in [5.74, 6) is 0.937. The summed E-state index contributed by atoms with van der Waals surface area (Å²) in [6, 6.07) is 43.0. The standard InChI is InChI=1S/C32H23N3/c1-22-11-20-28-31(21-22)35-30-10-6-5-9-29(30)34(32(35)33-28)27-18-16-26(17-19-27)25-14-12-24(13-15-25)23-7-3-2-4-8-23/h2-21H,1H3. The Hall–Kier alpha value is -4.63. The van der Waals surface area contributed by atoms with E-state index in [0.29, 0.717) is 0 Å². The zero-order valence-electron chi connectivity index (χ0n) is 19.4. The maximum Gasteiger partial charge on any atom is 0.220 e. The van der Waals surface area contributed by atoms with Gasteiger partial charge in [-0.3, -0.25) is 8.97 Å². The van der Waals surface area contributed by atoms with Crippen molar-refractivity contribution in [1.82, 2.24) is 14.0 Å². The molecule has 0 saturated heterocycles. The summed E-state index contributed by atoms with van der Waals surface area (Å²) in [5, 5.41) is 0. The average molecular weight is 450 g/mol. The number of hydrogen-bond donors (Lipinski definition) is 0. The van der Waals surface area contributed by atoms with Crippen LogP contribution in [0, 0.1) is 6.92 Å². The van der Waals surface area contributed by atoms with Gasteiger partial charge in [-0.2, -0.15) is 0 Å². The number of aromatic nitrogens is 3. The highest BCUT2D eigenvalue weighted by Gasteiger charge is 2.17. The number of hydrogen-bond acceptors (Lipinski definition) is 1. The molecule has 2 aromatic heterocycles. The van der Waals surface area contributed by atoms with Gasteiger partial charge >= 0.3 is 0 Å². The molecule has 2 heterocycles. The first-order valence-electron chi connectivity index (χ1n) is 11.9. The van der Waals surface area contributed by atoms with Crippen LogP contribution in [0.1, 0.15) is 5.56 Å². The van der Waals surface area contributed by atoms with Crippen LogP contribution in [0.15, 0.2) is 121 Å². The van der Waals surface area contributed by atoms with Crippen LogP contribution in [0.25, 0.3) is 55.8 Å². The van der Waals surface area contributed by atoms with E-state index in [9.17, 15) is 0 Å². The Bertz CT molecular complexity index is 1820. The zero-order valence-corrected chi connectivity index (χ0v) is 19.4. The van der Waals surface area contributed by atoms with Gasteiger partial charge in [-0.25, -0.2) is 4.98 Å². The normalized spacial score (nSPS) is 11.6. The minimum absolute atomic E-state index is 0.937. The van der Waals surface area contributed by atoms with Crippen LogP contribution < -0.4 is 0 Å². The van der Waals surface area contributed by atoms with Crippen molar-refractivity contribution in [2.75, 3.05) is 0 Å². The molecule has 0 aliphatic heterocycles. The fourth-order valence-electron chi connectivity index (χ4n) is 5.05. The molecular formula is C32H23N3. The third-order valence-electron chi connectivity index (χ3n) is 6.81. The second-order valence-corrected chi connectivity index (χ2v) is 9.05. The molecule has 0 radical (unpaired) electrons. The van der Waals surface area contributed by atoms with Crippen LogP contribution in [-0.4, -0.2) is 14.0 Å². The molecule has 0 N–H and O–H groups in total. The van der Waals surface area contributed by atoms with Crippen LogP contribution >= 0.6 is 0 Å². The molecule has 0 atom stereocenters. The van der Waals surface area contributed by atoms with E-state index in [-0.39, 0.29) is 0 Å². The second kappa shape index (κ2) is 7.71.